The van der Waals surface area contributed by atoms with Gasteiger partial charge in [0.2, 0.25) is 0 Å². The normalized spacial score (nSPS) is 10.9. The summed E-state index contributed by atoms with van der Waals surface area (Å²) in [6, 6.07) is 22.6. The van der Waals surface area contributed by atoms with Crippen molar-refractivity contribution in [2.75, 3.05) is 6.61 Å². The summed E-state index contributed by atoms with van der Waals surface area (Å²) in [5.41, 5.74) is 3.18. The minimum absolute atomic E-state index is 0.101. The fourth-order valence-electron chi connectivity index (χ4n) is 2.30. The standard InChI is InChI=1S/C20H18N2O2/c1-2-24-18-11-9-17(10-12-18)21-22-19-14-16(8-13-20(19)23)15-6-4-3-5-7-15/h3-14,23H,2H2,1H3. The highest BCUT2D eigenvalue weighted by Gasteiger charge is 2.04. The van der Waals surface area contributed by atoms with Gasteiger partial charge in [-0.2, -0.15) is 5.11 Å². The molecule has 0 aliphatic carbocycles. The topological polar surface area (TPSA) is 54.2 Å². The Morgan fingerprint density at radius 1 is 0.833 bits per heavy atom. The lowest BCUT2D eigenvalue weighted by Gasteiger charge is -2.04. The zero-order valence-electron chi connectivity index (χ0n) is 13.4. The Hall–Kier alpha value is -3.14. The highest BCUT2D eigenvalue weighted by atomic mass is 16.5. The lowest BCUT2D eigenvalue weighted by molar-refractivity contribution is 0.340. The molecule has 120 valence electrons. The van der Waals surface area contributed by atoms with Gasteiger partial charge in [0.05, 0.1) is 12.3 Å². The summed E-state index contributed by atoms with van der Waals surface area (Å²) in [7, 11) is 0. The van der Waals surface area contributed by atoms with Gasteiger partial charge < -0.3 is 9.84 Å². The van der Waals surface area contributed by atoms with E-state index in [2.05, 4.69) is 10.2 Å². The van der Waals surface area contributed by atoms with E-state index < -0.39 is 0 Å². The average Bonchev–Trinajstić information content (AvgIpc) is 2.63. The van der Waals surface area contributed by atoms with Crippen molar-refractivity contribution in [2.45, 2.75) is 6.92 Å². The van der Waals surface area contributed by atoms with Crippen molar-refractivity contribution in [3.8, 4) is 22.6 Å². The lowest BCUT2D eigenvalue weighted by Crippen LogP contribution is -1.89. The van der Waals surface area contributed by atoms with Crippen molar-refractivity contribution in [1.82, 2.24) is 0 Å². The van der Waals surface area contributed by atoms with Crippen LogP contribution in [0.4, 0.5) is 11.4 Å². The second kappa shape index (κ2) is 7.42. The molecule has 0 saturated heterocycles. The van der Waals surface area contributed by atoms with E-state index in [1.807, 2.05) is 73.7 Å². The SMILES string of the molecule is CCOc1ccc(N=Nc2cc(-c3ccccc3)ccc2O)cc1. The molecule has 4 nitrogen and oxygen atoms in total. The molecule has 3 rings (SSSR count). The summed E-state index contributed by atoms with van der Waals surface area (Å²) in [5, 5.41) is 18.4. The lowest BCUT2D eigenvalue weighted by atomic mass is 10.1. The summed E-state index contributed by atoms with van der Waals surface area (Å²) in [6.07, 6.45) is 0. The van der Waals surface area contributed by atoms with Crippen molar-refractivity contribution in [3.63, 3.8) is 0 Å². The monoisotopic (exact) mass is 318 g/mol. The van der Waals surface area contributed by atoms with Crippen LogP contribution in [0, 0.1) is 0 Å². The smallest absolute Gasteiger partial charge is 0.143 e. The van der Waals surface area contributed by atoms with Crippen LogP contribution in [0.5, 0.6) is 11.5 Å². The molecule has 0 radical (unpaired) electrons. The minimum atomic E-state index is 0.101. The molecule has 0 spiro atoms. The van der Waals surface area contributed by atoms with Crippen LogP contribution >= 0.6 is 0 Å². The van der Waals surface area contributed by atoms with Gasteiger partial charge in [0.25, 0.3) is 0 Å². The van der Waals surface area contributed by atoms with Crippen molar-refractivity contribution < 1.29 is 9.84 Å². The maximum absolute atomic E-state index is 10.0. The Balaban J connectivity index is 1.84. The molecule has 0 aromatic heterocycles. The second-order valence-electron chi connectivity index (χ2n) is 5.20. The second-order valence-corrected chi connectivity index (χ2v) is 5.20. The van der Waals surface area contributed by atoms with Crippen LogP contribution in [0.15, 0.2) is 83.0 Å². The maximum atomic E-state index is 10.0. The summed E-state index contributed by atoms with van der Waals surface area (Å²) < 4.78 is 5.40. The van der Waals surface area contributed by atoms with E-state index in [1.165, 1.54) is 0 Å². The third kappa shape index (κ3) is 3.79. The molecule has 0 saturated carbocycles. The Labute approximate surface area is 141 Å². The van der Waals surface area contributed by atoms with E-state index in [9.17, 15) is 5.11 Å². The third-order valence-electron chi connectivity index (χ3n) is 3.50. The summed E-state index contributed by atoms with van der Waals surface area (Å²) in [6.45, 7) is 2.57. The molecule has 3 aromatic carbocycles. The first-order valence-electron chi connectivity index (χ1n) is 7.79. The van der Waals surface area contributed by atoms with Gasteiger partial charge in [-0.15, -0.1) is 5.11 Å². The molecule has 0 heterocycles. The van der Waals surface area contributed by atoms with Crippen LogP contribution in [-0.4, -0.2) is 11.7 Å². The van der Waals surface area contributed by atoms with Crippen molar-refractivity contribution in [2.24, 2.45) is 10.2 Å². The van der Waals surface area contributed by atoms with Crippen LogP contribution in [0.1, 0.15) is 6.92 Å². The summed E-state index contributed by atoms with van der Waals surface area (Å²) in [4.78, 5) is 0. The zero-order valence-corrected chi connectivity index (χ0v) is 13.4. The number of hydrogen-bond acceptors (Lipinski definition) is 4. The van der Waals surface area contributed by atoms with E-state index >= 15 is 0 Å². The Morgan fingerprint density at radius 3 is 2.29 bits per heavy atom. The first kappa shape index (κ1) is 15.7. The number of benzene rings is 3. The average molecular weight is 318 g/mol. The van der Waals surface area contributed by atoms with Crippen LogP contribution in [0.2, 0.25) is 0 Å². The van der Waals surface area contributed by atoms with Gasteiger partial charge in [-0.25, -0.2) is 0 Å². The molecule has 0 fully saturated rings. The van der Waals surface area contributed by atoms with E-state index in [-0.39, 0.29) is 5.75 Å². The predicted molar refractivity (Wildman–Crippen MR) is 95.3 cm³/mol. The summed E-state index contributed by atoms with van der Waals surface area (Å²) in [5.74, 6) is 0.898. The first-order valence-corrected chi connectivity index (χ1v) is 7.79. The molecule has 0 bridgehead atoms. The Kier molecular flexibility index (Phi) is 4.87. The van der Waals surface area contributed by atoms with Gasteiger partial charge in [-0.3, -0.25) is 0 Å². The van der Waals surface area contributed by atoms with Crippen molar-refractivity contribution in [1.29, 1.82) is 0 Å². The van der Waals surface area contributed by atoms with E-state index in [1.54, 1.807) is 6.07 Å². The fraction of sp³-hybridized carbons (Fsp3) is 0.100. The zero-order chi connectivity index (χ0) is 16.8. The van der Waals surface area contributed by atoms with Gasteiger partial charge in [0, 0.05) is 0 Å². The number of nitrogens with zero attached hydrogens (tertiary/aromatic N) is 2. The van der Waals surface area contributed by atoms with E-state index in [0.29, 0.717) is 18.0 Å². The molecule has 0 aliphatic rings. The Morgan fingerprint density at radius 2 is 1.58 bits per heavy atom. The molecular weight excluding hydrogens is 300 g/mol. The molecular formula is C20H18N2O2. The highest BCUT2D eigenvalue weighted by molar-refractivity contribution is 5.70. The number of aromatic hydroxyl groups is 1. The van der Waals surface area contributed by atoms with Gasteiger partial charge in [0.1, 0.15) is 17.2 Å². The molecule has 0 amide bonds. The first-order chi connectivity index (χ1) is 11.8. The molecule has 0 unspecified atom stereocenters. The van der Waals surface area contributed by atoms with Crippen molar-refractivity contribution in [3.05, 3.63) is 72.8 Å². The van der Waals surface area contributed by atoms with Crippen molar-refractivity contribution >= 4 is 11.4 Å². The number of ether oxygens (including phenoxy) is 1. The van der Waals surface area contributed by atoms with Gasteiger partial charge in [-0.05, 0) is 54.4 Å². The molecule has 0 aliphatic heterocycles. The third-order valence-corrected chi connectivity index (χ3v) is 3.50. The van der Waals surface area contributed by atoms with Crippen LogP contribution < -0.4 is 4.74 Å². The number of azo groups is 1. The molecule has 1 N–H and O–H groups in total. The largest absolute Gasteiger partial charge is 0.506 e. The number of hydrogen-bond donors (Lipinski definition) is 1. The molecule has 4 heteroatoms. The number of phenolic OH excluding ortho intramolecular Hbond substituents is 1. The molecule has 3 aromatic rings. The minimum Gasteiger partial charge on any atom is -0.506 e. The van der Waals surface area contributed by atoms with Gasteiger partial charge in [-0.1, -0.05) is 36.4 Å². The number of rotatable bonds is 5. The quantitative estimate of drug-likeness (QED) is 0.598. The molecule has 24 heavy (non-hydrogen) atoms. The maximum Gasteiger partial charge on any atom is 0.143 e. The van der Waals surface area contributed by atoms with Gasteiger partial charge in [0.15, 0.2) is 0 Å². The summed E-state index contributed by atoms with van der Waals surface area (Å²) >= 11 is 0. The highest BCUT2D eigenvalue weighted by Crippen LogP contribution is 2.33. The van der Waals surface area contributed by atoms with Crippen LogP contribution in [0.25, 0.3) is 11.1 Å². The van der Waals surface area contributed by atoms with Crippen LogP contribution in [0.3, 0.4) is 0 Å². The van der Waals surface area contributed by atoms with E-state index in [0.717, 1.165) is 16.9 Å². The van der Waals surface area contributed by atoms with Gasteiger partial charge >= 0.3 is 0 Å². The fourth-order valence-corrected chi connectivity index (χ4v) is 2.30. The predicted octanol–water partition coefficient (Wildman–Crippen LogP) is 5.87. The van der Waals surface area contributed by atoms with Crippen LogP contribution in [-0.2, 0) is 0 Å². The molecule has 0 atom stereocenters. The number of phenols is 1. The Bertz CT molecular complexity index is 828. The van der Waals surface area contributed by atoms with E-state index in [4.69, 9.17) is 4.74 Å².